The summed E-state index contributed by atoms with van der Waals surface area (Å²) < 4.78 is 0. The van der Waals surface area contributed by atoms with Gasteiger partial charge in [0.2, 0.25) is 11.8 Å². The van der Waals surface area contributed by atoms with Gasteiger partial charge in [-0.2, -0.15) is 0 Å². The van der Waals surface area contributed by atoms with E-state index in [1.807, 2.05) is 18.2 Å². The summed E-state index contributed by atoms with van der Waals surface area (Å²) in [5.74, 6) is 0.490. The van der Waals surface area contributed by atoms with E-state index in [0.717, 1.165) is 49.9 Å². The van der Waals surface area contributed by atoms with Crippen molar-refractivity contribution >= 4 is 40.8 Å². The number of nitrogens with zero attached hydrogens (tertiary/aromatic N) is 2. The smallest absolute Gasteiger partial charge is 0.250 e. The molecule has 0 spiro atoms. The van der Waals surface area contributed by atoms with Gasteiger partial charge in [-0.3, -0.25) is 9.59 Å². The summed E-state index contributed by atoms with van der Waals surface area (Å²) in [6.07, 6.45) is 7.14. The lowest BCUT2D eigenvalue weighted by atomic mass is 9.92. The SMILES string of the molecule is NC(=O)c1ccc(N2C3CCC2CC(NC(=O)C2(c4ccc(Cl)c(Cl)c4)CC2)C3)nc1. The van der Waals surface area contributed by atoms with Crippen LogP contribution in [0.1, 0.15) is 54.4 Å². The van der Waals surface area contributed by atoms with Crippen molar-refractivity contribution in [1.82, 2.24) is 10.3 Å². The molecular weight excluding hydrogens is 435 g/mol. The number of nitrogens with two attached hydrogens (primary N) is 1. The van der Waals surface area contributed by atoms with Crippen LogP contribution in [0, 0.1) is 0 Å². The Morgan fingerprint density at radius 1 is 1.06 bits per heavy atom. The number of fused-ring (bicyclic) bond motifs is 2. The lowest BCUT2D eigenvalue weighted by Gasteiger charge is -2.40. The zero-order valence-corrected chi connectivity index (χ0v) is 18.5. The van der Waals surface area contributed by atoms with Crippen molar-refractivity contribution in [2.45, 2.75) is 62.1 Å². The number of hydrogen-bond acceptors (Lipinski definition) is 4. The van der Waals surface area contributed by atoms with E-state index >= 15 is 0 Å². The number of nitrogens with one attached hydrogen (secondary N) is 1. The molecule has 1 aliphatic carbocycles. The molecular formula is C23H24Cl2N4O2. The Bertz CT molecular complexity index is 1020. The first-order valence-corrected chi connectivity index (χ1v) is 11.4. The summed E-state index contributed by atoms with van der Waals surface area (Å²) in [5, 5.41) is 4.32. The van der Waals surface area contributed by atoms with Crippen LogP contribution in [0.15, 0.2) is 36.5 Å². The highest BCUT2D eigenvalue weighted by atomic mass is 35.5. The average Bonchev–Trinajstić information content (AvgIpc) is 3.51. The topological polar surface area (TPSA) is 88.3 Å². The predicted molar refractivity (Wildman–Crippen MR) is 121 cm³/mol. The summed E-state index contributed by atoms with van der Waals surface area (Å²) in [7, 11) is 0. The summed E-state index contributed by atoms with van der Waals surface area (Å²) in [5.41, 5.74) is 6.20. The van der Waals surface area contributed by atoms with Gasteiger partial charge in [0.25, 0.3) is 0 Å². The van der Waals surface area contributed by atoms with Gasteiger partial charge in [-0.1, -0.05) is 29.3 Å². The highest BCUT2D eigenvalue weighted by Gasteiger charge is 2.52. The van der Waals surface area contributed by atoms with Gasteiger partial charge >= 0.3 is 0 Å². The van der Waals surface area contributed by atoms with E-state index in [4.69, 9.17) is 28.9 Å². The quantitative estimate of drug-likeness (QED) is 0.712. The molecule has 3 N–H and O–H groups in total. The fourth-order valence-electron chi connectivity index (χ4n) is 5.24. The average molecular weight is 459 g/mol. The summed E-state index contributed by atoms with van der Waals surface area (Å²) >= 11 is 12.2. The Kier molecular flexibility index (Phi) is 5.10. The van der Waals surface area contributed by atoms with Crippen molar-refractivity contribution < 1.29 is 9.59 Å². The lowest BCUT2D eigenvalue weighted by molar-refractivity contribution is -0.124. The number of aromatic nitrogens is 1. The fourth-order valence-corrected chi connectivity index (χ4v) is 5.54. The molecule has 2 aromatic rings. The number of benzene rings is 1. The zero-order chi connectivity index (χ0) is 21.8. The van der Waals surface area contributed by atoms with Crippen LogP contribution in [-0.4, -0.2) is 34.9 Å². The number of carbonyl (C=O) groups is 2. The molecule has 6 nitrogen and oxygen atoms in total. The molecule has 162 valence electrons. The Morgan fingerprint density at radius 2 is 1.77 bits per heavy atom. The van der Waals surface area contributed by atoms with Crippen LogP contribution in [0.25, 0.3) is 0 Å². The second-order valence-corrected chi connectivity index (χ2v) is 9.73. The minimum Gasteiger partial charge on any atom is -0.366 e. The van der Waals surface area contributed by atoms with Gasteiger partial charge in [-0.15, -0.1) is 0 Å². The van der Waals surface area contributed by atoms with Crippen molar-refractivity contribution in [3.8, 4) is 0 Å². The van der Waals surface area contributed by atoms with Gasteiger partial charge in [0.05, 0.1) is 21.0 Å². The fraction of sp³-hybridized carbons (Fsp3) is 0.435. The van der Waals surface area contributed by atoms with Crippen molar-refractivity contribution in [1.29, 1.82) is 0 Å². The molecule has 2 atom stereocenters. The predicted octanol–water partition coefficient (Wildman–Crippen LogP) is 3.84. The molecule has 2 saturated heterocycles. The second kappa shape index (κ2) is 7.68. The summed E-state index contributed by atoms with van der Waals surface area (Å²) in [4.78, 5) is 31.4. The number of anilines is 1. The highest BCUT2D eigenvalue weighted by Crippen LogP contribution is 2.50. The van der Waals surface area contributed by atoms with Crippen LogP contribution in [0.5, 0.6) is 0 Å². The molecule has 1 aromatic heterocycles. The maximum absolute atomic E-state index is 13.2. The van der Waals surface area contributed by atoms with E-state index in [1.165, 1.54) is 0 Å². The van der Waals surface area contributed by atoms with Crippen LogP contribution >= 0.6 is 23.2 Å². The van der Waals surface area contributed by atoms with Crippen molar-refractivity contribution in [2.75, 3.05) is 4.90 Å². The van der Waals surface area contributed by atoms with Crippen LogP contribution < -0.4 is 16.0 Å². The monoisotopic (exact) mass is 458 g/mol. The van der Waals surface area contributed by atoms with E-state index < -0.39 is 11.3 Å². The Morgan fingerprint density at radius 3 is 2.32 bits per heavy atom. The second-order valence-electron chi connectivity index (χ2n) is 8.91. The molecule has 1 aromatic carbocycles. The van der Waals surface area contributed by atoms with Crippen LogP contribution in [0.3, 0.4) is 0 Å². The lowest BCUT2D eigenvalue weighted by Crippen LogP contribution is -2.52. The van der Waals surface area contributed by atoms with Crippen LogP contribution in [0.2, 0.25) is 10.0 Å². The van der Waals surface area contributed by atoms with Gasteiger partial charge in [-0.25, -0.2) is 4.98 Å². The minimum atomic E-state index is -0.476. The number of hydrogen-bond donors (Lipinski definition) is 2. The normalized spacial score (nSPS) is 25.9. The maximum Gasteiger partial charge on any atom is 0.250 e. The van der Waals surface area contributed by atoms with Gasteiger partial charge < -0.3 is 16.0 Å². The maximum atomic E-state index is 13.2. The Labute approximate surface area is 191 Å². The van der Waals surface area contributed by atoms with Gasteiger partial charge in [0, 0.05) is 24.3 Å². The van der Waals surface area contributed by atoms with E-state index in [-0.39, 0.29) is 11.9 Å². The molecule has 3 fully saturated rings. The largest absolute Gasteiger partial charge is 0.366 e. The molecule has 2 unspecified atom stereocenters. The van der Waals surface area contributed by atoms with E-state index in [9.17, 15) is 9.59 Å². The third-order valence-corrected chi connectivity index (χ3v) is 7.76. The number of piperidine rings is 1. The molecule has 3 aliphatic rings. The number of amides is 2. The van der Waals surface area contributed by atoms with E-state index in [0.29, 0.717) is 27.7 Å². The van der Waals surface area contributed by atoms with Crippen LogP contribution in [0.4, 0.5) is 5.82 Å². The Balaban J connectivity index is 1.27. The molecule has 1 saturated carbocycles. The molecule has 3 heterocycles. The molecule has 5 rings (SSSR count). The Hall–Kier alpha value is -2.31. The van der Waals surface area contributed by atoms with Gasteiger partial charge in [0.15, 0.2) is 0 Å². The molecule has 31 heavy (non-hydrogen) atoms. The van der Waals surface area contributed by atoms with Gasteiger partial charge in [-0.05, 0) is 68.4 Å². The molecule has 2 amide bonds. The minimum absolute atomic E-state index is 0.0904. The van der Waals surface area contributed by atoms with Crippen molar-refractivity contribution in [2.24, 2.45) is 5.73 Å². The van der Waals surface area contributed by atoms with Gasteiger partial charge in [0.1, 0.15) is 5.82 Å². The third-order valence-electron chi connectivity index (χ3n) is 7.02. The summed E-state index contributed by atoms with van der Waals surface area (Å²) in [6.45, 7) is 0. The number of halogens is 2. The van der Waals surface area contributed by atoms with E-state index in [1.54, 1.807) is 18.3 Å². The van der Waals surface area contributed by atoms with E-state index in [2.05, 4.69) is 15.2 Å². The number of pyridine rings is 1. The molecule has 2 aliphatic heterocycles. The summed E-state index contributed by atoms with van der Waals surface area (Å²) in [6, 6.07) is 9.90. The zero-order valence-electron chi connectivity index (χ0n) is 17.0. The van der Waals surface area contributed by atoms with Crippen molar-refractivity contribution in [3.05, 3.63) is 57.7 Å². The van der Waals surface area contributed by atoms with Crippen LogP contribution in [-0.2, 0) is 10.2 Å². The standard InChI is InChI=1S/C23H24Cl2N4O2/c24-18-5-2-14(9-19(18)25)23(7-8-23)22(31)28-15-10-16-3-4-17(11-15)29(16)20-6-1-13(12-27-20)21(26)30/h1-2,5-6,9,12,15-17H,3-4,7-8,10-11H2,(H2,26,30)(H,28,31). The molecule has 0 radical (unpaired) electrons. The molecule has 2 bridgehead atoms. The first-order valence-electron chi connectivity index (χ1n) is 10.7. The number of carbonyl (C=O) groups excluding carboxylic acids is 2. The first kappa shape index (κ1) is 20.6. The molecule has 8 heteroatoms. The number of primary amides is 1. The highest BCUT2D eigenvalue weighted by molar-refractivity contribution is 6.42. The number of rotatable bonds is 5. The third kappa shape index (κ3) is 3.66. The van der Waals surface area contributed by atoms with Crippen molar-refractivity contribution in [3.63, 3.8) is 0 Å². The first-order chi connectivity index (χ1) is 14.9.